The molecule has 2 aromatic carbocycles. The van der Waals surface area contributed by atoms with E-state index in [0.717, 1.165) is 20.6 Å². The summed E-state index contributed by atoms with van der Waals surface area (Å²) in [5.74, 6) is 0.329. The van der Waals surface area contributed by atoms with E-state index in [9.17, 15) is 9.59 Å². The van der Waals surface area contributed by atoms with Gasteiger partial charge in [-0.1, -0.05) is 30.3 Å². The van der Waals surface area contributed by atoms with E-state index in [1.165, 1.54) is 11.8 Å². The van der Waals surface area contributed by atoms with E-state index in [1.807, 2.05) is 61.5 Å². The van der Waals surface area contributed by atoms with Gasteiger partial charge in [-0.25, -0.2) is 4.98 Å². The molecule has 1 N–H and O–H groups in total. The number of aromatic nitrogens is 2. The largest absolute Gasteiger partial charge is 0.321 e. The van der Waals surface area contributed by atoms with Crippen molar-refractivity contribution in [2.45, 2.75) is 17.6 Å². The van der Waals surface area contributed by atoms with E-state index >= 15 is 0 Å². The number of hydrogen-bond donors (Lipinski definition) is 1. The van der Waals surface area contributed by atoms with Gasteiger partial charge in [-0.15, -0.1) is 11.8 Å². The molecule has 5 nitrogen and oxygen atoms in total. The predicted molar refractivity (Wildman–Crippen MR) is 124 cm³/mol. The highest BCUT2D eigenvalue weighted by molar-refractivity contribution is 9.10. The lowest BCUT2D eigenvalue weighted by atomic mass is 10.2. The fourth-order valence-electron chi connectivity index (χ4n) is 3.07. The minimum absolute atomic E-state index is 0.102. The first-order chi connectivity index (χ1) is 14.5. The molecule has 0 saturated heterocycles. The summed E-state index contributed by atoms with van der Waals surface area (Å²) in [7, 11) is 0. The molecule has 0 aliphatic carbocycles. The van der Waals surface area contributed by atoms with Crippen molar-refractivity contribution in [1.29, 1.82) is 0 Å². The molecular weight excluding hydrogens is 462 g/mol. The van der Waals surface area contributed by atoms with Crippen LogP contribution in [0.5, 0.6) is 0 Å². The van der Waals surface area contributed by atoms with E-state index in [1.54, 1.807) is 22.7 Å². The van der Waals surface area contributed by atoms with Gasteiger partial charge < -0.3 is 5.32 Å². The highest BCUT2D eigenvalue weighted by Gasteiger charge is 2.12. The first-order valence-corrected chi connectivity index (χ1v) is 11.1. The van der Waals surface area contributed by atoms with Crippen LogP contribution in [0.2, 0.25) is 0 Å². The van der Waals surface area contributed by atoms with E-state index < -0.39 is 0 Å². The van der Waals surface area contributed by atoms with E-state index in [0.29, 0.717) is 22.7 Å². The summed E-state index contributed by atoms with van der Waals surface area (Å²) in [5, 5.41) is 2.98. The molecule has 0 atom stereocenters. The number of carbonyl (C=O) groups excluding carboxylic acids is 1. The number of hydrogen-bond acceptors (Lipinski definition) is 4. The standard InChI is InChI=1S/C23H18BrN3O2S/c1-15-7-6-12-27-21(28)13-16(25-22(15)27)14-30-20-11-5-4-10-19(20)26-23(29)17-8-2-3-9-18(17)24/h2-13H,14H2,1H3,(H,26,29). The number of thioether (sulfide) groups is 1. The van der Waals surface area contributed by atoms with Crippen LogP contribution in [-0.2, 0) is 5.75 Å². The number of para-hydroxylation sites is 1. The first kappa shape index (κ1) is 20.4. The van der Waals surface area contributed by atoms with Crippen molar-refractivity contribution in [2.24, 2.45) is 0 Å². The molecule has 0 saturated carbocycles. The highest BCUT2D eigenvalue weighted by Crippen LogP contribution is 2.30. The minimum Gasteiger partial charge on any atom is -0.321 e. The average molecular weight is 480 g/mol. The minimum atomic E-state index is -0.187. The van der Waals surface area contributed by atoms with E-state index in [-0.39, 0.29) is 11.5 Å². The first-order valence-electron chi connectivity index (χ1n) is 9.28. The van der Waals surface area contributed by atoms with Gasteiger partial charge in [0.05, 0.1) is 16.9 Å². The predicted octanol–water partition coefficient (Wildman–Crippen LogP) is 5.31. The Hall–Kier alpha value is -2.90. The van der Waals surface area contributed by atoms with Crippen molar-refractivity contribution in [3.05, 3.63) is 105 Å². The summed E-state index contributed by atoms with van der Waals surface area (Å²) in [4.78, 5) is 30.7. The van der Waals surface area contributed by atoms with Gasteiger partial charge in [0.1, 0.15) is 5.65 Å². The summed E-state index contributed by atoms with van der Waals surface area (Å²) >= 11 is 4.94. The SMILES string of the molecule is Cc1cccn2c(=O)cc(CSc3ccccc3NC(=O)c3ccccc3Br)nc12. The zero-order valence-electron chi connectivity index (χ0n) is 16.1. The second-order valence-corrected chi connectivity index (χ2v) is 8.56. The number of anilines is 1. The topological polar surface area (TPSA) is 63.5 Å². The lowest BCUT2D eigenvalue weighted by Gasteiger charge is -2.12. The Morgan fingerprint density at radius 1 is 1.10 bits per heavy atom. The molecule has 0 aliphatic rings. The van der Waals surface area contributed by atoms with Crippen LogP contribution >= 0.6 is 27.7 Å². The molecule has 0 radical (unpaired) electrons. The van der Waals surface area contributed by atoms with Gasteiger partial charge in [0.25, 0.3) is 11.5 Å². The van der Waals surface area contributed by atoms with Gasteiger partial charge >= 0.3 is 0 Å². The maximum absolute atomic E-state index is 12.7. The van der Waals surface area contributed by atoms with Gasteiger partial charge in [0.15, 0.2) is 0 Å². The van der Waals surface area contributed by atoms with Crippen LogP contribution < -0.4 is 10.9 Å². The fraction of sp³-hybridized carbons (Fsp3) is 0.0870. The Morgan fingerprint density at radius 3 is 2.70 bits per heavy atom. The Morgan fingerprint density at radius 2 is 1.87 bits per heavy atom. The number of aryl methyl sites for hydroxylation is 1. The Balaban J connectivity index is 1.56. The third-order valence-electron chi connectivity index (χ3n) is 4.57. The number of pyridine rings is 1. The maximum atomic E-state index is 12.7. The molecule has 0 fully saturated rings. The maximum Gasteiger partial charge on any atom is 0.258 e. The van der Waals surface area contributed by atoms with Crippen molar-refractivity contribution in [2.75, 3.05) is 5.32 Å². The van der Waals surface area contributed by atoms with Crippen LogP contribution in [0.4, 0.5) is 5.69 Å². The molecule has 30 heavy (non-hydrogen) atoms. The van der Waals surface area contributed by atoms with Gasteiger partial charge in [-0.2, -0.15) is 0 Å². The van der Waals surface area contributed by atoms with Gasteiger partial charge in [0.2, 0.25) is 0 Å². The molecule has 4 aromatic rings. The number of rotatable bonds is 5. The second kappa shape index (κ2) is 8.85. The highest BCUT2D eigenvalue weighted by atomic mass is 79.9. The molecule has 1 amide bonds. The monoisotopic (exact) mass is 479 g/mol. The van der Waals surface area contributed by atoms with Crippen molar-refractivity contribution in [3.63, 3.8) is 0 Å². The number of carbonyl (C=O) groups is 1. The number of fused-ring (bicyclic) bond motifs is 1. The molecule has 0 aliphatic heterocycles. The quantitative estimate of drug-likeness (QED) is 0.394. The molecule has 2 heterocycles. The van der Waals surface area contributed by atoms with Crippen molar-refractivity contribution in [1.82, 2.24) is 9.38 Å². The van der Waals surface area contributed by atoms with Crippen LogP contribution in [0.15, 0.2) is 87.1 Å². The Labute approximate surface area is 186 Å². The van der Waals surface area contributed by atoms with Crippen molar-refractivity contribution >= 4 is 44.9 Å². The summed E-state index contributed by atoms with van der Waals surface area (Å²) < 4.78 is 2.29. The molecular formula is C23H18BrN3O2S. The Bertz CT molecular complexity index is 1300. The second-order valence-electron chi connectivity index (χ2n) is 6.69. The summed E-state index contributed by atoms with van der Waals surface area (Å²) in [6, 6.07) is 20.2. The normalized spacial score (nSPS) is 10.9. The van der Waals surface area contributed by atoms with Crippen molar-refractivity contribution < 1.29 is 4.79 Å². The van der Waals surface area contributed by atoms with Gasteiger partial charge in [0, 0.05) is 27.4 Å². The Kier molecular flexibility index (Phi) is 6.01. The number of amides is 1. The number of nitrogens with one attached hydrogen (secondary N) is 1. The van der Waals surface area contributed by atoms with Gasteiger partial charge in [-0.3, -0.25) is 14.0 Å². The zero-order chi connectivity index (χ0) is 21.1. The third-order valence-corrected chi connectivity index (χ3v) is 6.37. The lowest BCUT2D eigenvalue weighted by molar-refractivity contribution is 0.102. The van der Waals surface area contributed by atoms with Crippen LogP contribution in [0, 0.1) is 6.92 Å². The average Bonchev–Trinajstić information content (AvgIpc) is 2.74. The number of halogens is 1. The van der Waals surface area contributed by atoms with Crippen LogP contribution in [0.3, 0.4) is 0 Å². The van der Waals surface area contributed by atoms with Gasteiger partial charge in [-0.05, 0) is 58.7 Å². The van der Waals surface area contributed by atoms with Crippen LogP contribution in [-0.4, -0.2) is 15.3 Å². The summed E-state index contributed by atoms with van der Waals surface area (Å²) in [6.07, 6.45) is 1.72. The van der Waals surface area contributed by atoms with Crippen molar-refractivity contribution in [3.8, 4) is 0 Å². The number of benzene rings is 2. The molecule has 0 unspecified atom stereocenters. The van der Waals surface area contributed by atoms with E-state index in [2.05, 4.69) is 26.2 Å². The van der Waals surface area contributed by atoms with Crippen LogP contribution in [0.1, 0.15) is 21.6 Å². The summed E-state index contributed by atoms with van der Waals surface area (Å²) in [6.45, 7) is 1.94. The van der Waals surface area contributed by atoms with E-state index in [4.69, 9.17) is 0 Å². The van der Waals surface area contributed by atoms with Crippen LogP contribution in [0.25, 0.3) is 5.65 Å². The molecule has 4 rings (SSSR count). The zero-order valence-corrected chi connectivity index (χ0v) is 18.5. The molecule has 2 aromatic heterocycles. The molecule has 150 valence electrons. The molecule has 0 bridgehead atoms. The summed E-state index contributed by atoms with van der Waals surface area (Å²) in [5.41, 5.74) is 3.49. The molecule has 7 heteroatoms. The number of nitrogens with zero attached hydrogens (tertiary/aromatic N) is 2. The molecule has 0 spiro atoms. The lowest BCUT2D eigenvalue weighted by Crippen LogP contribution is -2.15. The third kappa shape index (κ3) is 4.32. The smallest absolute Gasteiger partial charge is 0.258 e. The fourth-order valence-corrected chi connectivity index (χ4v) is 4.43.